The maximum atomic E-state index is 12.8. The molecular weight excluding hydrogens is 394 g/mol. The van der Waals surface area contributed by atoms with E-state index in [4.69, 9.17) is 9.57 Å². The van der Waals surface area contributed by atoms with Crippen molar-refractivity contribution in [3.63, 3.8) is 0 Å². The third-order valence-electron chi connectivity index (χ3n) is 5.32. The summed E-state index contributed by atoms with van der Waals surface area (Å²) in [5.74, 6) is 0.922. The van der Waals surface area contributed by atoms with Gasteiger partial charge in [-0.3, -0.25) is 9.63 Å². The number of hydroxylamine groups is 2. The first-order chi connectivity index (χ1) is 13.9. The molecule has 160 valence electrons. The molecule has 0 unspecified atom stereocenters. The third-order valence-corrected chi connectivity index (χ3v) is 7.14. The molecule has 0 saturated carbocycles. The highest BCUT2D eigenvalue weighted by molar-refractivity contribution is 7.90. The molecule has 9 heteroatoms. The highest BCUT2D eigenvalue weighted by Gasteiger charge is 2.40. The van der Waals surface area contributed by atoms with E-state index in [0.29, 0.717) is 25.9 Å². The summed E-state index contributed by atoms with van der Waals surface area (Å²) in [4.78, 5) is 18.9. The van der Waals surface area contributed by atoms with Gasteiger partial charge in [-0.15, -0.1) is 0 Å². The molecule has 2 aliphatic rings. The molecule has 0 spiro atoms. The van der Waals surface area contributed by atoms with Crippen LogP contribution in [0.25, 0.3) is 6.08 Å². The van der Waals surface area contributed by atoms with Crippen LogP contribution in [-0.2, 0) is 19.7 Å². The highest BCUT2D eigenvalue weighted by atomic mass is 32.2. The van der Waals surface area contributed by atoms with Gasteiger partial charge in [0.15, 0.2) is 0 Å². The smallest absolute Gasteiger partial charge is 0.222 e. The number of sulfonamides is 1. The van der Waals surface area contributed by atoms with Crippen molar-refractivity contribution in [2.45, 2.75) is 30.6 Å². The summed E-state index contributed by atoms with van der Waals surface area (Å²) in [5, 5.41) is 0.878. The van der Waals surface area contributed by atoms with Crippen LogP contribution in [0, 0.1) is 0 Å². The van der Waals surface area contributed by atoms with Gasteiger partial charge in [0.05, 0.1) is 19.8 Å². The van der Waals surface area contributed by atoms with Crippen LogP contribution in [0.15, 0.2) is 30.3 Å². The van der Waals surface area contributed by atoms with Crippen LogP contribution in [0.4, 0.5) is 0 Å². The molecule has 2 aliphatic heterocycles. The van der Waals surface area contributed by atoms with Crippen LogP contribution in [0.3, 0.4) is 0 Å². The predicted octanol–water partition coefficient (Wildman–Crippen LogP) is 1.25. The van der Waals surface area contributed by atoms with Gasteiger partial charge in [0.25, 0.3) is 0 Å². The number of methoxy groups -OCH3 is 1. The van der Waals surface area contributed by atoms with Crippen LogP contribution >= 0.6 is 0 Å². The van der Waals surface area contributed by atoms with Gasteiger partial charge in [0.1, 0.15) is 11.0 Å². The molecule has 1 N–H and O–H groups in total. The normalized spacial score (nSPS) is 23.4. The number of hydrogen-bond acceptors (Lipinski definition) is 6. The van der Waals surface area contributed by atoms with E-state index in [1.54, 1.807) is 24.1 Å². The number of nitrogens with zero attached hydrogens (tertiary/aromatic N) is 2. The van der Waals surface area contributed by atoms with Gasteiger partial charge in [0, 0.05) is 33.1 Å². The number of amides is 1. The molecule has 1 aromatic rings. The van der Waals surface area contributed by atoms with Crippen molar-refractivity contribution in [3.8, 4) is 5.75 Å². The molecule has 8 nitrogen and oxygen atoms in total. The first-order valence-corrected chi connectivity index (χ1v) is 11.4. The van der Waals surface area contributed by atoms with E-state index in [2.05, 4.69) is 4.72 Å². The maximum Gasteiger partial charge on any atom is 0.222 e. The van der Waals surface area contributed by atoms with E-state index in [1.807, 2.05) is 36.4 Å². The van der Waals surface area contributed by atoms with Gasteiger partial charge in [0.2, 0.25) is 15.9 Å². The molecule has 0 aromatic heterocycles. The number of carbonyl (C=O) groups is 1. The van der Waals surface area contributed by atoms with Crippen molar-refractivity contribution in [2.75, 3.05) is 40.4 Å². The Morgan fingerprint density at radius 1 is 1.31 bits per heavy atom. The lowest BCUT2D eigenvalue weighted by molar-refractivity contribution is -0.127. The van der Waals surface area contributed by atoms with E-state index in [9.17, 15) is 13.2 Å². The Kier molecular flexibility index (Phi) is 7.28. The second kappa shape index (κ2) is 9.71. The van der Waals surface area contributed by atoms with E-state index in [1.165, 1.54) is 0 Å². The first-order valence-electron chi connectivity index (χ1n) is 9.85. The summed E-state index contributed by atoms with van der Waals surface area (Å²) in [6, 6.07) is 7.14. The van der Waals surface area contributed by atoms with Crippen molar-refractivity contribution in [1.82, 2.24) is 14.7 Å². The zero-order valence-corrected chi connectivity index (χ0v) is 17.7. The zero-order chi connectivity index (χ0) is 20.9. The van der Waals surface area contributed by atoms with Crippen molar-refractivity contribution in [1.29, 1.82) is 0 Å². The summed E-state index contributed by atoms with van der Waals surface area (Å²) in [6.07, 6.45) is 5.82. The Morgan fingerprint density at radius 3 is 2.72 bits per heavy atom. The number of likely N-dealkylation sites (N-methyl/N-ethyl adjacent to an activating group) is 1. The van der Waals surface area contributed by atoms with Gasteiger partial charge >= 0.3 is 0 Å². The fourth-order valence-electron chi connectivity index (χ4n) is 3.58. The summed E-state index contributed by atoms with van der Waals surface area (Å²) >= 11 is 0. The molecule has 2 saturated heterocycles. The predicted molar refractivity (Wildman–Crippen MR) is 111 cm³/mol. The average Bonchev–Trinajstić information content (AvgIpc) is 3.29. The van der Waals surface area contributed by atoms with E-state index < -0.39 is 21.3 Å². The van der Waals surface area contributed by atoms with Crippen LogP contribution in [0.2, 0.25) is 0 Å². The van der Waals surface area contributed by atoms with E-state index in [-0.39, 0.29) is 12.5 Å². The Morgan fingerprint density at radius 2 is 2.07 bits per heavy atom. The summed E-state index contributed by atoms with van der Waals surface area (Å²) < 4.78 is 33.4. The molecule has 0 bridgehead atoms. The fraction of sp³-hybridized carbons (Fsp3) is 0.550. The SMILES string of the molecule is COc1ccc(/C=C/[C@@H]2[C@@H](S(=O)(=O)NCCCN3CCCC3=O)CON2C)cc1. The van der Waals surface area contributed by atoms with Crippen LogP contribution in [0.1, 0.15) is 24.8 Å². The molecule has 3 rings (SSSR count). The highest BCUT2D eigenvalue weighted by Crippen LogP contribution is 2.22. The number of carbonyl (C=O) groups excluding carboxylic acids is 1. The number of likely N-dealkylation sites (tertiary alicyclic amines) is 1. The van der Waals surface area contributed by atoms with E-state index >= 15 is 0 Å². The van der Waals surface area contributed by atoms with Crippen molar-refractivity contribution in [3.05, 3.63) is 35.9 Å². The second-order valence-electron chi connectivity index (χ2n) is 7.28. The number of rotatable bonds is 9. The standard InChI is InChI=1S/C20H29N3O5S/c1-22-18(11-8-16-6-9-17(27-2)10-7-16)19(15-28-22)29(25,26)21-12-4-14-23-13-3-5-20(23)24/h6-11,18-19,21H,3-5,12-15H2,1-2H3/b11-8+/t18-,19+/m1/s1. The average molecular weight is 424 g/mol. The Bertz CT molecular complexity index is 825. The minimum absolute atomic E-state index is 0.105. The minimum Gasteiger partial charge on any atom is -0.497 e. The fourth-order valence-corrected chi connectivity index (χ4v) is 5.10. The second-order valence-corrected chi connectivity index (χ2v) is 9.26. The topological polar surface area (TPSA) is 88.2 Å². The zero-order valence-electron chi connectivity index (χ0n) is 16.9. The Labute approximate surface area is 172 Å². The summed E-state index contributed by atoms with van der Waals surface area (Å²) in [6.45, 7) is 1.77. The number of nitrogens with one attached hydrogen (secondary N) is 1. The van der Waals surface area contributed by atoms with Gasteiger partial charge in [-0.2, -0.15) is 5.06 Å². The van der Waals surface area contributed by atoms with Crippen LogP contribution in [0.5, 0.6) is 5.75 Å². The monoisotopic (exact) mass is 423 g/mol. The quantitative estimate of drug-likeness (QED) is 0.602. The van der Waals surface area contributed by atoms with Gasteiger partial charge in [-0.25, -0.2) is 13.1 Å². The van der Waals surface area contributed by atoms with Crippen molar-refractivity contribution >= 4 is 22.0 Å². The Balaban J connectivity index is 1.56. The number of hydrogen-bond donors (Lipinski definition) is 1. The maximum absolute atomic E-state index is 12.8. The number of benzene rings is 1. The molecule has 2 heterocycles. The third kappa shape index (κ3) is 5.57. The lowest BCUT2D eigenvalue weighted by Crippen LogP contribution is -2.43. The molecule has 0 aliphatic carbocycles. The number of ether oxygens (including phenoxy) is 1. The first kappa shape index (κ1) is 21.8. The molecule has 1 amide bonds. The summed E-state index contributed by atoms with van der Waals surface area (Å²) in [5.41, 5.74) is 0.950. The molecule has 2 fully saturated rings. The van der Waals surface area contributed by atoms with Crippen LogP contribution in [-0.4, -0.2) is 76.0 Å². The lowest BCUT2D eigenvalue weighted by Gasteiger charge is -2.20. The minimum atomic E-state index is -3.56. The molecule has 0 radical (unpaired) electrons. The van der Waals surface area contributed by atoms with Gasteiger partial charge < -0.3 is 9.64 Å². The molecular formula is C20H29N3O5S. The van der Waals surface area contributed by atoms with Crippen LogP contribution < -0.4 is 9.46 Å². The van der Waals surface area contributed by atoms with Gasteiger partial charge in [-0.05, 0) is 30.5 Å². The van der Waals surface area contributed by atoms with Crippen molar-refractivity contribution in [2.24, 2.45) is 0 Å². The van der Waals surface area contributed by atoms with E-state index in [0.717, 1.165) is 24.3 Å². The van der Waals surface area contributed by atoms with Crippen molar-refractivity contribution < 1.29 is 22.8 Å². The lowest BCUT2D eigenvalue weighted by atomic mass is 10.1. The largest absolute Gasteiger partial charge is 0.497 e. The molecule has 1 aromatic carbocycles. The summed E-state index contributed by atoms with van der Waals surface area (Å²) in [7, 11) is -0.212. The van der Waals surface area contributed by atoms with Gasteiger partial charge in [-0.1, -0.05) is 24.3 Å². The molecule has 2 atom stereocenters. The molecule has 29 heavy (non-hydrogen) atoms. The Hall–Kier alpha value is -1.94.